The predicted octanol–water partition coefficient (Wildman–Crippen LogP) is 2.25. The molecular formula is C14H26O3. The molecule has 0 radical (unpaired) electrons. The van der Waals surface area contributed by atoms with Gasteiger partial charge < -0.3 is 14.9 Å². The van der Waals surface area contributed by atoms with Gasteiger partial charge in [-0.25, -0.2) is 0 Å². The van der Waals surface area contributed by atoms with Crippen LogP contribution in [0, 0.1) is 5.92 Å². The molecule has 0 aromatic rings. The Labute approximate surface area is 104 Å². The molecule has 2 rings (SSSR count). The SMILES string of the molecule is OC(CC1CCOCC1)C1(O)CCCCCC1. The first kappa shape index (κ1) is 13.3. The van der Waals surface area contributed by atoms with Crippen molar-refractivity contribution in [2.45, 2.75) is 69.5 Å². The zero-order valence-corrected chi connectivity index (χ0v) is 10.7. The fraction of sp³-hybridized carbons (Fsp3) is 1.00. The molecule has 1 heterocycles. The van der Waals surface area contributed by atoms with E-state index >= 15 is 0 Å². The van der Waals surface area contributed by atoms with Crippen molar-refractivity contribution < 1.29 is 14.9 Å². The van der Waals surface area contributed by atoms with Gasteiger partial charge in [0, 0.05) is 13.2 Å². The van der Waals surface area contributed by atoms with Gasteiger partial charge in [-0.1, -0.05) is 25.7 Å². The molecule has 2 aliphatic rings. The van der Waals surface area contributed by atoms with Gasteiger partial charge in [-0.3, -0.25) is 0 Å². The van der Waals surface area contributed by atoms with Crippen LogP contribution in [0.3, 0.4) is 0 Å². The molecular weight excluding hydrogens is 216 g/mol. The van der Waals surface area contributed by atoms with Crippen molar-refractivity contribution in [3.8, 4) is 0 Å². The molecule has 1 aliphatic carbocycles. The van der Waals surface area contributed by atoms with Crippen LogP contribution >= 0.6 is 0 Å². The predicted molar refractivity (Wildman–Crippen MR) is 66.8 cm³/mol. The van der Waals surface area contributed by atoms with Crippen molar-refractivity contribution >= 4 is 0 Å². The highest BCUT2D eigenvalue weighted by Gasteiger charge is 2.37. The summed E-state index contributed by atoms with van der Waals surface area (Å²) in [6.45, 7) is 1.63. The average Bonchev–Trinajstić information content (AvgIpc) is 2.56. The lowest BCUT2D eigenvalue weighted by Gasteiger charge is -2.35. The molecule has 1 aliphatic heterocycles. The second-order valence-electron chi connectivity index (χ2n) is 5.83. The summed E-state index contributed by atoms with van der Waals surface area (Å²) in [7, 11) is 0. The molecule has 0 spiro atoms. The highest BCUT2D eigenvalue weighted by molar-refractivity contribution is 4.89. The molecule has 1 saturated carbocycles. The van der Waals surface area contributed by atoms with Gasteiger partial charge in [-0.2, -0.15) is 0 Å². The minimum Gasteiger partial charge on any atom is -0.390 e. The zero-order chi connectivity index (χ0) is 12.1. The van der Waals surface area contributed by atoms with Crippen LogP contribution in [0.1, 0.15) is 57.8 Å². The second kappa shape index (κ2) is 6.17. The lowest BCUT2D eigenvalue weighted by molar-refractivity contribution is -0.0976. The van der Waals surface area contributed by atoms with E-state index < -0.39 is 11.7 Å². The molecule has 1 unspecified atom stereocenters. The molecule has 2 N–H and O–H groups in total. The first-order valence-electron chi connectivity index (χ1n) is 7.19. The Balaban J connectivity index is 1.85. The van der Waals surface area contributed by atoms with Crippen LogP contribution in [0.15, 0.2) is 0 Å². The fourth-order valence-electron chi connectivity index (χ4n) is 3.19. The number of aliphatic hydroxyl groups excluding tert-OH is 1. The normalized spacial score (nSPS) is 28.6. The van der Waals surface area contributed by atoms with Gasteiger partial charge in [0.2, 0.25) is 0 Å². The maximum Gasteiger partial charge on any atom is 0.0905 e. The minimum atomic E-state index is -0.811. The van der Waals surface area contributed by atoms with Crippen LogP contribution < -0.4 is 0 Å². The van der Waals surface area contributed by atoms with Crippen molar-refractivity contribution in [3.63, 3.8) is 0 Å². The van der Waals surface area contributed by atoms with E-state index in [1.54, 1.807) is 0 Å². The summed E-state index contributed by atoms with van der Waals surface area (Å²) >= 11 is 0. The number of hydrogen-bond acceptors (Lipinski definition) is 3. The van der Waals surface area contributed by atoms with Gasteiger partial charge in [0.05, 0.1) is 11.7 Å². The van der Waals surface area contributed by atoms with Crippen LogP contribution in [-0.2, 0) is 4.74 Å². The van der Waals surface area contributed by atoms with E-state index in [-0.39, 0.29) is 0 Å². The molecule has 0 bridgehead atoms. The van der Waals surface area contributed by atoms with Crippen molar-refractivity contribution in [1.82, 2.24) is 0 Å². The van der Waals surface area contributed by atoms with Crippen molar-refractivity contribution in [2.24, 2.45) is 5.92 Å². The van der Waals surface area contributed by atoms with E-state index in [1.165, 1.54) is 12.8 Å². The fourth-order valence-corrected chi connectivity index (χ4v) is 3.19. The molecule has 2 fully saturated rings. The quantitative estimate of drug-likeness (QED) is 0.746. The summed E-state index contributed by atoms with van der Waals surface area (Å²) in [5.41, 5.74) is -0.811. The van der Waals surface area contributed by atoms with Gasteiger partial charge >= 0.3 is 0 Å². The lowest BCUT2D eigenvalue weighted by atomic mass is 9.81. The number of rotatable bonds is 3. The van der Waals surface area contributed by atoms with Gasteiger partial charge in [0.15, 0.2) is 0 Å². The Morgan fingerprint density at radius 3 is 2.24 bits per heavy atom. The van der Waals surface area contributed by atoms with Crippen LogP contribution in [-0.4, -0.2) is 35.1 Å². The Morgan fingerprint density at radius 2 is 1.65 bits per heavy atom. The molecule has 0 aromatic carbocycles. The van der Waals surface area contributed by atoms with Gasteiger partial charge in [-0.15, -0.1) is 0 Å². The lowest BCUT2D eigenvalue weighted by Crippen LogP contribution is -2.43. The number of aliphatic hydroxyl groups is 2. The molecule has 1 saturated heterocycles. The molecule has 0 amide bonds. The van der Waals surface area contributed by atoms with E-state index in [0.717, 1.165) is 58.2 Å². The Hall–Kier alpha value is -0.120. The van der Waals surface area contributed by atoms with E-state index in [9.17, 15) is 10.2 Å². The third kappa shape index (κ3) is 3.67. The maximum atomic E-state index is 10.6. The highest BCUT2D eigenvalue weighted by atomic mass is 16.5. The van der Waals surface area contributed by atoms with E-state index in [2.05, 4.69) is 0 Å². The summed E-state index contributed by atoms with van der Waals surface area (Å²) in [5, 5.41) is 20.9. The van der Waals surface area contributed by atoms with E-state index in [0.29, 0.717) is 5.92 Å². The average molecular weight is 242 g/mol. The van der Waals surface area contributed by atoms with E-state index in [1.807, 2.05) is 0 Å². The zero-order valence-electron chi connectivity index (χ0n) is 10.7. The minimum absolute atomic E-state index is 0.533. The summed E-state index contributed by atoms with van der Waals surface area (Å²) in [4.78, 5) is 0. The molecule has 3 heteroatoms. The first-order valence-corrected chi connectivity index (χ1v) is 7.19. The molecule has 17 heavy (non-hydrogen) atoms. The molecule has 0 aromatic heterocycles. The maximum absolute atomic E-state index is 10.6. The third-order valence-corrected chi connectivity index (χ3v) is 4.49. The highest BCUT2D eigenvalue weighted by Crippen LogP contribution is 2.33. The number of hydrogen-bond donors (Lipinski definition) is 2. The Morgan fingerprint density at radius 1 is 1.06 bits per heavy atom. The summed E-state index contributed by atoms with van der Waals surface area (Å²) < 4.78 is 5.33. The van der Waals surface area contributed by atoms with Crippen molar-refractivity contribution in [2.75, 3.05) is 13.2 Å². The van der Waals surface area contributed by atoms with Gasteiger partial charge in [-0.05, 0) is 38.0 Å². The Kier molecular flexibility index (Phi) is 4.83. The molecule has 1 atom stereocenters. The van der Waals surface area contributed by atoms with Gasteiger partial charge in [0.1, 0.15) is 0 Å². The molecule has 100 valence electrons. The smallest absolute Gasteiger partial charge is 0.0905 e. The van der Waals surface area contributed by atoms with Crippen LogP contribution in [0.25, 0.3) is 0 Å². The third-order valence-electron chi connectivity index (χ3n) is 4.49. The number of ether oxygens (including phenoxy) is 1. The summed E-state index contributed by atoms with van der Waals surface area (Å²) in [6.07, 6.45) is 8.35. The van der Waals surface area contributed by atoms with Crippen LogP contribution in [0.2, 0.25) is 0 Å². The summed E-state index contributed by atoms with van der Waals surface area (Å²) in [6, 6.07) is 0. The molecule has 3 nitrogen and oxygen atoms in total. The van der Waals surface area contributed by atoms with Crippen molar-refractivity contribution in [1.29, 1.82) is 0 Å². The van der Waals surface area contributed by atoms with E-state index in [4.69, 9.17) is 4.74 Å². The van der Waals surface area contributed by atoms with Gasteiger partial charge in [0.25, 0.3) is 0 Å². The second-order valence-corrected chi connectivity index (χ2v) is 5.83. The largest absolute Gasteiger partial charge is 0.390 e. The topological polar surface area (TPSA) is 49.7 Å². The standard InChI is InChI=1S/C14H26O3/c15-13(11-12-5-9-17-10-6-12)14(16)7-3-1-2-4-8-14/h12-13,15-16H,1-11H2. The summed E-state index contributed by atoms with van der Waals surface area (Å²) in [5.74, 6) is 0.533. The van der Waals surface area contributed by atoms with Crippen LogP contribution in [0.4, 0.5) is 0 Å². The monoisotopic (exact) mass is 242 g/mol. The Bertz CT molecular complexity index is 216. The first-order chi connectivity index (χ1) is 8.21. The van der Waals surface area contributed by atoms with Crippen LogP contribution in [0.5, 0.6) is 0 Å². The van der Waals surface area contributed by atoms with Crippen molar-refractivity contribution in [3.05, 3.63) is 0 Å².